The van der Waals surface area contributed by atoms with Gasteiger partial charge in [0, 0.05) is 6.54 Å². The number of nitrogens with two attached hydrogens (primary N) is 1. The predicted molar refractivity (Wildman–Crippen MR) is 42.2 cm³/mol. The van der Waals surface area contributed by atoms with Crippen LogP contribution >= 0.6 is 0 Å². The van der Waals surface area contributed by atoms with Crippen molar-refractivity contribution in [1.29, 1.82) is 0 Å². The van der Waals surface area contributed by atoms with Gasteiger partial charge < -0.3 is 4.84 Å². The van der Waals surface area contributed by atoms with E-state index in [1.54, 1.807) is 13.8 Å². The van der Waals surface area contributed by atoms with Gasteiger partial charge in [0.25, 0.3) is 0 Å². The summed E-state index contributed by atoms with van der Waals surface area (Å²) in [6, 6.07) is 0. The second-order valence-electron chi connectivity index (χ2n) is 2.20. The molecule has 1 unspecified atom stereocenters. The van der Waals surface area contributed by atoms with E-state index >= 15 is 0 Å². The van der Waals surface area contributed by atoms with Gasteiger partial charge in [-0.15, -0.1) is 0 Å². The molecule has 0 bridgehead atoms. The van der Waals surface area contributed by atoms with Crippen LogP contribution in [0, 0.1) is 0 Å². The molecule has 0 heterocycles. The lowest BCUT2D eigenvalue weighted by Gasteiger charge is -2.08. The first kappa shape index (κ1) is 10.8. The van der Waals surface area contributed by atoms with Gasteiger partial charge in [-0.3, -0.25) is 0 Å². The molecule has 0 aromatic carbocycles. The van der Waals surface area contributed by atoms with Gasteiger partial charge in [-0.2, -0.15) is 0 Å². The topological polar surface area (TPSA) is 81.4 Å². The third-order valence-electron chi connectivity index (χ3n) is 1.20. The van der Waals surface area contributed by atoms with Crippen LogP contribution in [-0.2, 0) is 14.9 Å². The molecule has 0 amide bonds. The quantitative estimate of drug-likeness (QED) is 0.546. The maximum absolute atomic E-state index is 10.8. The Kier molecular flexibility index (Phi) is 4.58. The van der Waals surface area contributed by atoms with E-state index in [-0.39, 0.29) is 18.4 Å². The smallest absolute Gasteiger partial charge is 0.211 e. The Morgan fingerprint density at radius 2 is 2.18 bits per heavy atom. The highest BCUT2D eigenvalue weighted by Crippen LogP contribution is 1.86. The Bertz CT molecular complexity index is 190. The van der Waals surface area contributed by atoms with Gasteiger partial charge in [0.05, 0.1) is 11.9 Å². The summed E-state index contributed by atoms with van der Waals surface area (Å²) in [7, 11) is -3.11. The Balaban J connectivity index is 3.71. The lowest BCUT2D eigenvalue weighted by molar-refractivity contribution is 0.0703. The molecule has 0 rings (SSSR count). The van der Waals surface area contributed by atoms with Crippen molar-refractivity contribution in [2.45, 2.75) is 20.0 Å². The molecular weight excluding hydrogens is 168 g/mol. The molecule has 11 heavy (non-hydrogen) atoms. The van der Waals surface area contributed by atoms with E-state index in [4.69, 9.17) is 5.90 Å². The second-order valence-corrected chi connectivity index (χ2v) is 4.29. The molecule has 0 spiro atoms. The number of sulfonamides is 1. The summed E-state index contributed by atoms with van der Waals surface area (Å²) in [5.41, 5.74) is 0. The summed E-state index contributed by atoms with van der Waals surface area (Å²) in [4.78, 5) is 4.36. The zero-order valence-corrected chi connectivity index (χ0v) is 7.52. The third-order valence-corrected chi connectivity index (χ3v) is 2.57. The highest BCUT2D eigenvalue weighted by Gasteiger charge is 2.08. The van der Waals surface area contributed by atoms with Crippen LogP contribution in [0.2, 0.25) is 0 Å². The molecule has 68 valence electrons. The maximum Gasteiger partial charge on any atom is 0.211 e. The lowest BCUT2D eigenvalue weighted by Crippen LogP contribution is -2.34. The third kappa shape index (κ3) is 5.14. The van der Waals surface area contributed by atoms with Gasteiger partial charge in [-0.05, 0) is 13.8 Å². The van der Waals surface area contributed by atoms with E-state index in [0.717, 1.165) is 0 Å². The van der Waals surface area contributed by atoms with Crippen molar-refractivity contribution in [3.8, 4) is 0 Å². The van der Waals surface area contributed by atoms with Crippen molar-refractivity contribution in [3.63, 3.8) is 0 Å². The first-order valence-electron chi connectivity index (χ1n) is 3.34. The number of rotatable bonds is 5. The fourth-order valence-corrected chi connectivity index (χ4v) is 1.09. The van der Waals surface area contributed by atoms with Gasteiger partial charge in [-0.1, -0.05) is 0 Å². The van der Waals surface area contributed by atoms with Crippen LogP contribution in [-0.4, -0.2) is 26.8 Å². The van der Waals surface area contributed by atoms with E-state index in [2.05, 4.69) is 9.56 Å². The van der Waals surface area contributed by atoms with E-state index in [1.807, 2.05) is 0 Å². The normalized spacial score (nSPS) is 14.8. The largest absolute Gasteiger partial charge is 0.300 e. The molecule has 5 nitrogen and oxygen atoms in total. The monoisotopic (exact) mass is 182 g/mol. The Morgan fingerprint density at radius 1 is 1.64 bits per heavy atom. The van der Waals surface area contributed by atoms with Crippen LogP contribution in [0.15, 0.2) is 0 Å². The summed E-state index contributed by atoms with van der Waals surface area (Å²) < 4.78 is 24.0. The Hall–Kier alpha value is -0.170. The minimum absolute atomic E-state index is 0.0737. The average molecular weight is 182 g/mol. The van der Waals surface area contributed by atoms with E-state index < -0.39 is 10.0 Å². The van der Waals surface area contributed by atoms with Gasteiger partial charge in [-0.25, -0.2) is 19.0 Å². The predicted octanol–water partition coefficient (Wildman–Crippen LogP) is -0.795. The van der Waals surface area contributed by atoms with Crippen molar-refractivity contribution in [2.75, 3.05) is 12.3 Å². The molecule has 0 saturated heterocycles. The highest BCUT2D eigenvalue weighted by molar-refractivity contribution is 7.89. The van der Waals surface area contributed by atoms with Crippen LogP contribution in [0.3, 0.4) is 0 Å². The number of hydrogen-bond donors (Lipinski definition) is 2. The van der Waals surface area contributed by atoms with Crippen molar-refractivity contribution in [2.24, 2.45) is 5.90 Å². The van der Waals surface area contributed by atoms with Crippen LogP contribution in [0.5, 0.6) is 0 Å². The van der Waals surface area contributed by atoms with Gasteiger partial charge >= 0.3 is 0 Å². The van der Waals surface area contributed by atoms with Crippen LogP contribution in [0.25, 0.3) is 0 Å². The van der Waals surface area contributed by atoms with Crippen molar-refractivity contribution in [3.05, 3.63) is 0 Å². The molecule has 0 aromatic rings. The Morgan fingerprint density at radius 3 is 2.55 bits per heavy atom. The zero-order chi connectivity index (χ0) is 8.91. The summed E-state index contributed by atoms with van der Waals surface area (Å²) in [6.07, 6.45) is -0.295. The molecule has 0 aliphatic rings. The van der Waals surface area contributed by atoms with Gasteiger partial charge in [0.1, 0.15) is 0 Å². The SMILES string of the molecule is CCS(=O)(=O)NCC(C)ON. The van der Waals surface area contributed by atoms with Crippen LogP contribution in [0.4, 0.5) is 0 Å². The van der Waals surface area contributed by atoms with Gasteiger partial charge in [0.15, 0.2) is 0 Å². The first-order chi connectivity index (χ1) is 5.02. The molecule has 1 atom stereocenters. The van der Waals surface area contributed by atoms with Crippen LogP contribution < -0.4 is 10.6 Å². The minimum Gasteiger partial charge on any atom is -0.300 e. The van der Waals surface area contributed by atoms with E-state index in [9.17, 15) is 8.42 Å². The van der Waals surface area contributed by atoms with Crippen LogP contribution in [0.1, 0.15) is 13.8 Å². The number of nitrogens with one attached hydrogen (secondary N) is 1. The summed E-state index contributed by atoms with van der Waals surface area (Å²) in [5.74, 6) is 4.88. The van der Waals surface area contributed by atoms with Crippen molar-refractivity contribution in [1.82, 2.24) is 4.72 Å². The fraction of sp³-hybridized carbons (Fsp3) is 1.00. The standard InChI is InChI=1S/C5H14N2O3S/c1-3-11(8,9)7-4-5(2)10-6/h5,7H,3-4,6H2,1-2H3. The molecule has 0 saturated carbocycles. The summed E-state index contributed by atoms with van der Waals surface area (Å²) in [5, 5.41) is 0. The summed E-state index contributed by atoms with van der Waals surface area (Å²) >= 11 is 0. The molecule has 0 fully saturated rings. The molecule has 0 aromatic heterocycles. The molecule has 0 radical (unpaired) electrons. The molecule has 6 heteroatoms. The lowest BCUT2D eigenvalue weighted by atomic mass is 10.4. The molecule has 0 aliphatic heterocycles. The first-order valence-corrected chi connectivity index (χ1v) is 5.00. The molecular formula is C5H14N2O3S. The fourth-order valence-electron chi connectivity index (χ4n) is 0.394. The second kappa shape index (κ2) is 4.66. The molecule has 3 N–H and O–H groups in total. The zero-order valence-electron chi connectivity index (χ0n) is 6.70. The van der Waals surface area contributed by atoms with Crippen molar-refractivity contribution >= 4 is 10.0 Å². The van der Waals surface area contributed by atoms with E-state index in [1.165, 1.54) is 0 Å². The minimum atomic E-state index is -3.11. The Labute approximate surface area is 66.9 Å². The average Bonchev–Trinajstić information content (AvgIpc) is 2.00. The number of hydrogen-bond acceptors (Lipinski definition) is 4. The highest BCUT2D eigenvalue weighted by atomic mass is 32.2. The summed E-state index contributed by atoms with van der Waals surface area (Å²) in [6.45, 7) is 3.46. The van der Waals surface area contributed by atoms with Crippen molar-refractivity contribution < 1.29 is 13.3 Å². The van der Waals surface area contributed by atoms with Gasteiger partial charge in [0.2, 0.25) is 10.0 Å². The van der Waals surface area contributed by atoms with E-state index in [0.29, 0.717) is 0 Å². The molecule has 0 aliphatic carbocycles. The maximum atomic E-state index is 10.8.